The highest BCUT2D eigenvalue weighted by atomic mass is 16.3. The maximum Gasteiger partial charge on any atom is 0.135 e. The van der Waals surface area contributed by atoms with E-state index in [-0.39, 0.29) is 44.4 Å². The van der Waals surface area contributed by atoms with Crippen molar-refractivity contribution < 1.29 is 35.4 Å². The molecule has 0 aromatic carbocycles. The van der Waals surface area contributed by atoms with Gasteiger partial charge in [0.1, 0.15) is 5.78 Å². The van der Waals surface area contributed by atoms with Gasteiger partial charge in [-0.15, -0.1) is 0 Å². The minimum atomic E-state index is -1.65. The Morgan fingerprint density at radius 1 is 0.926 bits per heavy atom. The van der Waals surface area contributed by atoms with Crippen LogP contribution in [0.2, 0.25) is 0 Å². The first-order valence-corrected chi connectivity index (χ1v) is 10.2. The van der Waals surface area contributed by atoms with Crippen LogP contribution >= 0.6 is 0 Å². The summed E-state index contributed by atoms with van der Waals surface area (Å²) in [7, 11) is 0. The van der Waals surface area contributed by atoms with Gasteiger partial charge >= 0.3 is 0 Å². The minimum Gasteiger partial charge on any atom is -0.396 e. The van der Waals surface area contributed by atoms with E-state index in [0.717, 1.165) is 0 Å². The lowest BCUT2D eigenvalue weighted by Gasteiger charge is -2.39. The molecule has 0 amide bonds. The zero-order chi connectivity index (χ0) is 20.9. The van der Waals surface area contributed by atoms with Gasteiger partial charge in [-0.05, 0) is 57.8 Å². The number of carbonyl (C=O) groups excluding carboxylic acids is 1. The minimum absolute atomic E-state index is 0.0348. The molecule has 0 saturated heterocycles. The standard InChI is InChI=1S/C20H40O7/c1-3-17(15(2)24)19(26)20(27,10-5-7-12-22)14-18(25)16(9-13-23)8-4-6-11-21/h16-19,21-23,25-27H,3-14H2,1-2H3. The van der Waals surface area contributed by atoms with Crippen molar-refractivity contribution in [1.29, 1.82) is 0 Å². The second-order valence-electron chi connectivity index (χ2n) is 7.62. The van der Waals surface area contributed by atoms with Crippen LogP contribution in [0.5, 0.6) is 0 Å². The number of unbranched alkanes of at least 4 members (excludes halogenated alkanes) is 2. The summed E-state index contributed by atoms with van der Waals surface area (Å²) >= 11 is 0. The summed E-state index contributed by atoms with van der Waals surface area (Å²) < 4.78 is 0. The van der Waals surface area contributed by atoms with E-state index in [4.69, 9.17) is 10.2 Å². The maximum atomic E-state index is 11.9. The Bertz CT molecular complexity index is 391. The van der Waals surface area contributed by atoms with Gasteiger partial charge in [-0.25, -0.2) is 0 Å². The van der Waals surface area contributed by atoms with Crippen molar-refractivity contribution in [2.45, 2.75) is 89.4 Å². The lowest BCUT2D eigenvalue weighted by molar-refractivity contribution is -0.149. The molecule has 7 nitrogen and oxygen atoms in total. The van der Waals surface area contributed by atoms with E-state index in [1.807, 2.05) is 0 Å². The first-order valence-electron chi connectivity index (χ1n) is 10.2. The predicted octanol–water partition coefficient (Wildman–Crippen LogP) is 0.768. The van der Waals surface area contributed by atoms with Gasteiger partial charge in [-0.3, -0.25) is 4.79 Å². The van der Waals surface area contributed by atoms with Gasteiger partial charge in [0.2, 0.25) is 0 Å². The summed E-state index contributed by atoms with van der Waals surface area (Å²) in [5.74, 6) is -1.20. The summed E-state index contributed by atoms with van der Waals surface area (Å²) in [6.45, 7) is 3.07. The zero-order valence-electron chi connectivity index (χ0n) is 16.9. The van der Waals surface area contributed by atoms with E-state index in [9.17, 15) is 25.2 Å². The van der Waals surface area contributed by atoms with E-state index >= 15 is 0 Å². The summed E-state index contributed by atoms with van der Waals surface area (Å²) in [5, 5.41) is 59.8. The molecule has 0 aliphatic rings. The van der Waals surface area contributed by atoms with Gasteiger partial charge in [0.15, 0.2) is 0 Å². The third-order valence-electron chi connectivity index (χ3n) is 5.50. The molecule has 0 spiro atoms. The Morgan fingerprint density at radius 2 is 1.52 bits per heavy atom. The van der Waals surface area contributed by atoms with Gasteiger partial charge in [0, 0.05) is 32.2 Å². The van der Waals surface area contributed by atoms with Crippen LogP contribution in [0.25, 0.3) is 0 Å². The lowest BCUT2D eigenvalue weighted by Crippen LogP contribution is -2.51. The normalized spacial score (nSPS) is 18.5. The van der Waals surface area contributed by atoms with E-state index in [0.29, 0.717) is 44.9 Å². The van der Waals surface area contributed by atoms with E-state index in [1.54, 1.807) is 6.92 Å². The van der Waals surface area contributed by atoms with E-state index in [2.05, 4.69) is 0 Å². The second-order valence-corrected chi connectivity index (χ2v) is 7.62. The fraction of sp³-hybridized carbons (Fsp3) is 0.950. The largest absolute Gasteiger partial charge is 0.396 e. The third-order valence-corrected chi connectivity index (χ3v) is 5.50. The molecule has 0 saturated carbocycles. The van der Waals surface area contributed by atoms with Gasteiger partial charge in [-0.2, -0.15) is 0 Å². The molecular weight excluding hydrogens is 352 g/mol. The Kier molecular flexibility index (Phi) is 14.1. The quantitative estimate of drug-likeness (QED) is 0.201. The molecule has 0 heterocycles. The van der Waals surface area contributed by atoms with Crippen LogP contribution in [-0.2, 0) is 4.79 Å². The number of aliphatic hydroxyl groups excluding tert-OH is 5. The number of rotatable bonds is 17. The first kappa shape index (κ1) is 26.4. The smallest absolute Gasteiger partial charge is 0.135 e. The zero-order valence-corrected chi connectivity index (χ0v) is 16.9. The van der Waals surface area contributed by atoms with Crippen LogP contribution < -0.4 is 0 Å². The highest BCUT2D eigenvalue weighted by molar-refractivity contribution is 5.79. The Hall–Kier alpha value is -0.570. The number of Topliss-reactive ketones (excluding diaryl/α,β-unsaturated/α-hetero) is 1. The number of carbonyl (C=O) groups is 1. The monoisotopic (exact) mass is 392 g/mol. The molecule has 0 radical (unpaired) electrons. The van der Waals surface area contributed by atoms with Crippen molar-refractivity contribution >= 4 is 5.78 Å². The molecule has 162 valence electrons. The van der Waals surface area contributed by atoms with Crippen molar-refractivity contribution in [2.24, 2.45) is 11.8 Å². The molecule has 0 fully saturated rings. The summed E-state index contributed by atoms with van der Waals surface area (Å²) in [6.07, 6.45) is 1.34. The number of hydrogen-bond acceptors (Lipinski definition) is 7. The fourth-order valence-electron chi connectivity index (χ4n) is 3.76. The summed E-state index contributed by atoms with van der Waals surface area (Å²) in [4.78, 5) is 11.9. The van der Waals surface area contributed by atoms with Crippen molar-refractivity contribution in [1.82, 2.24) is 0 Å². The second kappa shape index (κ2) is 14.4. The number of ketones is 1. The fourth-order valence-corrected chi connectivity index (χ4v) is 3.76. The molecule has 0 aliphatic heterocycles. The Morgan fingerprint density at radius 3 is 2.00 bits per heavy atom. The summed E-state index contributed by atoms with van der Waals surface area (Å²) in [6, 6.07) is 0. The molecule has 0 bridgehead atoms. The van der Waals surface area contributed by atoms with Crippen molar-refractivity contribution in [3.8, 4) is 0 Å². The van der Waals surface area contributed by atoms with Gasteiger partial charge in [0.25, 0.3) is 0 Å². The highest BCUT2D eigenvalue weighted by Gasteiger charge is 2.43. The molecule has 27 heavy (non-hydrogen) atoms. The Balaban J connectivity index is 5.30. The molecule has 0 aliphatic carbocycles. The highest BCUT2D eigenvalue weighted by Crippen LogP contribution is 2.33. The van der Waals surface area contributed by atoms with Gasteiger partial charge in [-0.1, -0.05) is 13.3 Å². The van der Waals surface area contributed by atoms with Gasteiger partial charge in [0.05, 0.1) is 17.8 Å². The van der Waals surface area contributed by atoms with Crippen LogP contribution in [-0.4, -0.2) is 74.1 Å². The van der Waals surface area contributed by atoms with Crippen molar-refractivity contribution in [3.63, 3.8) is 0 Å². The van der Waals surface area contributed by atoms with Crippen LogP contribution in [0.4, 0.5) is 0 Å². The SMILES string of the molecule is CCC(C(C)=O)C(O)C(O)(CCCCO)CC(O)C(CCO)CCCCO. The topological polar surface area (TPSA) is 138 Å². The van der Waals surface area contributed by atoms with Crippen molar-refractivity contribution in [2.75, 3.05) is 19.8 Å². The lowest BCUT2D eigenvalue weighted by atomic mass is 9.75. The average Bonchev–Trinajstić information content (AvgIpc) is 2.61. The third kappa shape index (κ3) is 9.45. The van der Waals surface area contributed by atoms with Crippen molar-refractivity contribution in [3.05, 3.63) is 0 Å². The van der Waals surface area contributed by atoms with Crippen LogP contribution in [0.3, 0.4) is 0 Å². The molecular formula is C20H40O7. The van der Waals surface area contributed by atoms with E-state index in [1.165, 1.54) is 6.92 Å². The van der Waals surface area contributed by atoms with E-state index < -0.39 is 23.7 Å². The van der Waals surface area contributed by atoms with Gasteiger partial charge < -0.3 is 30.6 Å². The molecule has 0 aromatic rings. The number of aliphatic hydroxyl groups is 6. The molecule has 0 rings (SSSR count). The molecule has 0 aromatic heterocycles. The Labute approximate surface area is 163 Å². The molecule has 7 heteroatoms. The maximum absolute atomic E-state index is 11.9. The van der Waals surface area contributed by atoms with Crippen LogP contribution in [0.15, 0.2) is 0 Å². The summed E-state index contributed by atoms with van der Waals surface area (Å²) in [5.41, 5.74) is -1.65. The average molecular weight is 393 g/mol. The molecule has 6 N–H and O–H groups in total. The van der Waals surface area contributed by atoms with Crippen LogP contribution in [0, 0.1) is 11.8 Å². The first-order chi connectivity index (χ1) is 12.8. The predicted molar refractivity (Wildman–Crippen MR) is 103 cm³/mol. The number of hydrogen-bond donors (Lipinski definition) is 6. The molecule has 5 atom stereocenters. The van der Waals surface area contributed by atoms with Crippen LogP contribution in [0.1, 0.15) is 71.6 Å². The molecule has 5 unspecified atom stereocenters.